The maximum Gasteiger partial charge on any atom is 0.250 e. The number of rotatable bonds is 9. The summed E-state index contributed by atoms with van der Waals surface area (Å²) in [7, 11) is 1.61. The van der Waals surface area contributed by atoms with Crippen LogP contribution in [0.25, 0.3) is 0 Å². The van der Waals surface area contributed by atoms with Crippen LogP contribution in [0, 0.1) is 0 Å². The fourth-order valence-corrected chi connectivity index (χ4v) is 5.15. The molecule has 3 rings (SSSR count). The van der Waals surface area contributed by atoms with E-state index in [2.05, 4.69) is 20.7 Å². The fourth-order valence-electron chi connectivity index (χ4n) is 2.26. The van der Waals surface area contributed by atoms with Crippen molar-refractivity contribution in [1.82, 2.24) is 15.6 Å². The summed E-state index contributed by atoms with van der Waals surface area (Å²) in [5, 5.41) is 13.2. The van der Waals surface area contributed by atoms with Gasteiger partial charge in [0.25, 0.3) is 5.91 Å². The zero-order valence-electron chi connectivity index (χ0n) is 16.3. The maximum absolute atomic E-state index is 12.1. The average Bonchev–Trinajstić information content (AvgIpc) is 3.23. The second-order valence-electron chi connectivity index (χ2n) is 6.00. The molecular weight excluding hydrogens is 460 g/mol. The molecule has 1 aromatic heterocycles. The van der Waals surface area contributed by atoms with Crippen molar-refractivity contribution >= 4 is 58.1 Å². The van der Waals surface area contributed by atoms with Gasteiger partial charge in [-0.3, -0.25) is 4.79 Å². The van der Waals surface area contributed by atoms with Crippen molar-refractivity contribution in [3.05, 3.63) is 64.7 Å². The molecule has 6 nitrogen and oxygen atoms in total. The monoisotopic (exact) mass is 478 g/mol. The van der Waals surface area contributed by atoms with Gasteiger partial charge >= 0.3 is 0 Å². The van der Waals surface area contributed by atoms with Gasteiger partial charge in [-0.05, 0) is 36.8 Å². The molecule has 0 aliphatic rings. The van der Waals surface area contributed by atoms with Crippen LogP contribution in [0.4, 0.5) is 0 Å². The van der Waals surface area contributed by atoms with Crippen LogP contribution >= 0.6 is 46.5 Å². The number of carbonyl (C=O) groups excluding carboxylic acids is 1. The zero-order valence-corrected chi connectivity index (χ0v) is 19.5. The lowest BCUT2D eigenvalue weighted by molar-refractivity contribution is -0.118. The Morgan fingerprint density at radius 3 is 2.63 bits per heavy atom. The van der Waals surface area contributed by atoms with E-state index >= 15 is 0 Å². The Morgan fingerprint density at radius 2 is 1.90 bits per heavy atom. The predicted molar refractivity (Wildman–Crippen MR) is 125 cm³/mol. The van der Waals surface area contributed by atoms with E-state index in [-0.39, 0.29) is 11.7 Å². The van der Waals surface area contributed by atoms with Crippen LogP contribution in [0.3, 0.4) is 0 Å². The highest BCUT2D eigenvalue weighted by Gasteiger charge is 2.09. The summed E-state index contributed by atoms with van der Waals surface area (Å²) in [6.07, 6.45) is 0. The highest BCUT2D eigenvalue weighted by molar-refractivity contribution is 8.03. The Hall–Kier alpha value is -2.07. The highest BCUT2D eigenvalue weighted by atomic mass is 35.5. The second-order valence-corrected chi connectivity index (χ2v) is 9.86. The zero-order chi connectivity index (χ0) is 21.3. The Kier molecular flexibility index (Phi) is 8.56. The molecule has 1 N–H and O–H groups in total. The summed E-state index contributed by atoms with van der Waals surface area (Å²) < 4.78 is 6.81. The number of amides is 1. The topological polar surface area (TPSA) is 76.5 Å². The van der Waals surface area contributed by atoms with Gasteiger partial charge in [-0.25, -0.2) is 5.43 Å². The molecule has 0 aliphatic carbocycles. The van der Waals surface area contributed by atoms with Crippen molar-refractivity contribution in [3.63, 3.8) is 0 Å². The number of ether oxygens (including phenoxy) is 1. The minimum absolute atomic E-state index is 0.201. The number of hydrogen-bond acceptors (Lipinski definition) is 8. The summed E-state index contributed by atoms with van der Waals surface area (Å²) in [6.45, 7) is 1.83. The molecule has 0 atom stereocenters. The van der Waals surface area contributed by atoms with Gasteiger partial charge in [0.2, 0.25) is 0 Å². The SMILES string of the molecule is COc1cccc(/C(C)=N/NC(=O)CSc2nnc(SCc3ccc(Cl)cc3)s2)c1. The van der Waals surface area contributed by atoms with Crippen LogP contribution in [-0.4, -0.2) is 34.7 Å². The number of carbonyl (C=O) groups is 1. The maximum atomic E-state index is 12.1. The summed E-state index contributed by atoms with van der Waals surface area (Å²) in [5.41, 5.74) is 5.32. The van der Waals surface area contributed by atoms with E-state index in [1.807, 2.05) is 55.5 Å². The molecular formula is C20H19ClN4O2S3. The molecule has 0 fully saturated rings. The largest absolute Gasteiger partial charge is 0.497 e. The van der Waals surface area contributed by atoms with E-state index in [1.165, 1.54) is 23.1 Å². The lowest BCUT2D eigenvalue weighted by Gasteiger charge is -2.04. The minimum atomic E-state index is -0.201. The smallest absolute Gasteiger partial charge is 0.250 e. The van der Waals surface area contributed by atoms with E-state index in [9.17, 15) is 4.79 Å². The van der Waals surface area contributed by atoms with Crippen LogP contribution in [0.5, 0.6) is 5.75 Å². The van der Waals surface area contributed by atoms with Gasteiger partial charge in [-0.15, -0.1) is 10.2 Å². The summed E-state index contributed by atoms with van der Waals surface area (Å²) in [5.74, 6) is 1.54. The fraction of sp³-hybridized carbons (Fsp3) is 0.200. The molecule has 0 radical (unpaired) electrons. The van der Waals surface area contributed by atoms with Gasteiger partial charge in [-0.2, -0.15) is 5.10 Å². The summed E-state index contributed by atoms with van der Waals surface area (Å²) in [4.78, 5) is 12.1. The van der Waals surface area contributed by atoms with Crippen LogP contribution < -0.4 is 10.2 Å². The van der Waals surface area contributed by atoms with E-state index in [1.54, 1.807) is 18.9 Å². The molecule has 10 heteroatoms. The lowest BCUT2D eigenvalue weighted by Crippen LogP contribution is -2.21. The van der Waals surface area contributed by atoms with Crippen molar-refractivity contribution in [2.24, 2.45) is 5.10 Å². The first kappa shape index (κ1) is 22.6. The number of nitrogens with zero attached hydrogens (tertiary/aromatic N) is 3. The van der Waals surface area contributed by atoms with E-state index in [4.69, 9.17) is 16.3 Å². The van der Waals surface area contributed by atoms with E-state index in [0.717, 1.165) is 36.3 Å². The molecule has 30 heavy (non-hydrogen) atoms. The third kappa shape index (κ3) is 7.02. The molecule has 1 heterocycles. The van der Waals surface area contributed by atoms with Crippen LogP contribution in [0.15, 0.2) is 62.3 Å². The van der Waals surface area contributed by atoms with Crippen molar-refractivity contribution in [2.45, 2.75) is 21.4 Å². The van der Waals surface area contributed by atoms with Crippen LogP contribution in [0.2, 0.25) is 5.02 Å². The molecule has 3 aromatic rings. The first-order valence-electron chi connectivity index (χ1n) is 8.84. The molecule has 0 spiro atoms. The summed E-state index contributed by atoms with van der Waals surface area (Å²) in [6, 6.07) is 15.2. The average molecular weight is 479 g/mol. The number of methoxy groups -OCH3 is 1. The molecule has 156 valence electrons. The van der Waals surface area contributed by atoms with Gasteiger partial charge in [0, 0.05) is 16.3 Å². The molecule has 0 saturated carbocycles. The Labute approximate surface area is 192 Å². The number of aromatic nitrogens is 2. The van der Waals surface area contributed by atoms with E-state index < -0.39 is 0 Å². The highest BCUT2D eigenvalue weighted by Crippen LogP contribution is 2.30. The first-order valence-corrected chi connectivity index (χ1v) is 12.0. The Balaban J connectivity index is 1.45. The van der Waals surface area contributed by atoms with Crippen molar-refractivity contribution < 1.29 is 9.53 Å². The second kappa shape index (κ2) is 11.4. The van der Waals surface area contributed by atoms with Crippen molar-refractivity contribution in [2.75, 3.05) is 12.9 Å². The van der Waals surface area contributed by atoms with Crippen LogP contribution in [0.1, 0.15) is 18.1 Å². The van der Waals surface area contributed by atoms with Gasteiger partial charge in [-0.1, -0.05) is 70.7 Å². The van der Waals surface area contributed by atoms with Crippen molar-refractivity contribution in [1.29, 1.82) is 0 Å². The molecule has 1 amide bonds. The molecule has 0 unspecified atom stereocenters. The van der Waals surface area contributed by atoms with Gasteiger partial charge in [0.05, 0.1) is 18.6 Å². The van der Waals surface area contributed by atoms with Gasteiger partial charge in [0.15, 0.2) is 8.68 Å². The number of nitrogens with one attached hydrogen (secondary N) is 1. The lowest BCUT2D eigenvalue weighted by atomic mass is 10.1. The van der Waals surface area contributed by atoms with Gasteiger partial charge in [0.1, 0.15) is 5.75 Å². The number of hydrogen-bond donors (Lipinski definition) is 1. The van der Waals surface area contributed by atoms with Crippen molar-refractivity contribution in [3.8, 4) is 5.75 Å². The van der Waals surface area contributed by atoms with E-state index in [0.29, 0.717) is 5.71 Å². The minimum Gasteiger partial charge on any atom is -0.497 e. The third-order valence-electron chi connectivity index (χ3n) is 3.83. The normalized spacial score (nSPS) is 11.4. The first-order chi connectivity index (χ1) is 14.5. The predicted octanol–water partition coefficient (Wildman–Crippen LogP) is 5.12. The number of halogens is 1. The van der Waals surface area contributed by atoms with Gasteiger partial charge < -0.3 is 4.74 Å². The quantitative estimate of drug-likeness (QED) is 0.261. The number of hydrazone groups is 1. The molecule has 2 aromatic carbocycles. The Bertz CT molecular complexity index is 1020. The number of benzene rings is 2. The third-order valence-corrected chi connectivity index (χ3v) is 7.34. The summed E-state index contributed by atoms with van der Waals surface area (Å²) >= 11 is 10.3. The molecule has 0 aliphatic heterocycles. The standard InChI is InChI=1S/C20H19ClN4O2S3/c1-13(15-4-3-5-17(10-15)27-2)22-23-18(26)12-29-20-25-24-19(30-20)28-11-14-6-8-16(21)9-7-14/h3-10H,11-12H2,1-2H3,(H,23,26)/b22-13+. The number of thioether (sulfide) groups is 2. The van der Waals surface area contributed by atoms with Crippen LogP contribution in [-0.2, 0) is 10.5 Å². The molecule has 0 bridgehead atoms. The Morgan fingerprint density at radius 1 is 1.17 bits per heavy atom. The molecule has 0 saturated heterocycles.